The Balaban J connectivity index is 2.68. The van der Waals surface area contributed by atoms with Crippen LogP contribution in [0.3, 0.4) is 0 Å². The number of aliphatic hydroxyl groups is 5. The highest BCUT2D eigenvalue weighted by Crippen LogP contribution is 2.26. The normalized spacial score (nSPS) is 19.6. The number of amides is 1. The quantitative estimate of drug-likeness (QED) is 0.0195. The van der Waals surface area contributed by atoms with Gasteiger partial charge in [-0.3, -0.25) is 9.59 Å². The van der Waals surface area contributed by atoms with E-state index < -0.39 is 67.4 Å². The molecule has 1 fully saturated rings. The van der Waals surface area contributed by atoms with Gasteiger partial charge in [-0.2, -0.15) is 0 Å². The second-order valence-electron chi connectivity index (χ2n) is 21.4. The number of hydrogen-bond donors (Lipinski definition) is 6. The summed E-state index contributed by atoms with van der Waals surface area (Å²) >= 11 is 0. The number of hydrogen-bond acceptors (Lipinski definition) is 10. The first kappa shape index (κ1) is 69.6. The van der Waals surface area contributed by atoms with Crippen molar-refractivity contribution in [2.24, 2.45) is 0 Å². The largest absolute Gasteiger partial charge is 0.454 e. The molecule has 8 atom stereocenters. The van der Waals surface area contributed by atoms with Crippen LogP contribution in [0.15, 0.2) is 48.6 Å². The molecule has 0 aromatic heterocycles. The van der Waals surface area contributed by atoms with Gasteiger partial charge in [-0.25, -0.2) is 0 Å². The molecule has 1 heterocycles. The van der Waals surface area contributed by atoms with E-state index in [9.17, 15) is 35.1 Å². The molecule has 1 saturated heterocycles. The van der Waals surface area contributed by atoms with Crippen LogP contribution in [0, 0.1) is 0 Å². The molecule has 0 aromatic carbocycles. The lowest BCUT2D eigenvalue weighted by atomic mass is 9.99. The average Bonchev–Trinajstić information content (AvgIpc) is 3.40. The van der Waals surface area contributed by atoms with Crippen molar-refractivity contribution in [3.63, 3.8) is 0 Å². The van der Waals surface area contributed by atoms with Crippen molar-refractivity contribution >= 4 is 11.9 Å². The van der Waals surface area contributed by atoms with Gasteiger partial charge in [0.1, 0.15) is 24.4 Å². The molecule has 74 heavy (non-hydrogen) atoms. The van der Waals surface area contributed by atoms with Gasteiger partial charge in [-0.15, -0.1) is 0 Å². The molecule has 0 bridgehead atoms. The number of nitrogens with one attached hydrogen (secondary N) is 1. The fourth-order valence-corrected chi connectivity index (χ4v) is 9.57. The highest BCUT2D eigenvalue weighted by molar-refractivity contribution is 5.80. The molecule has 0 aliphatic carbocycles. The summed E-state index contributed by atoms with van der Waals surface area (Å²) in [5, 5.41) is 56.9. The fourth-order valence-electron chi connectivity index (χ4n) is 9.57. The Bertz CT molecular complexity index is 1390. The van der Waals surface area contributed by atoms with Crippen LogP contribution < -0.4 is 5.32 Å². The molecule has 432 valence electrons. The van der Waals surface area contributed by atoms with Gasteiger partial charge in [0, 0.05) is 6.42 Å². The standard InChI is InChI=1S/C63H115NO10/c1-4-7-10-13-16-19-22-25-26-27-28-29-30-33-36-39-42-45-48-51-58(68)74-61-60(70)59(69)57(52-65)73-63(61)72-53-54(55(66)49-46-43-40-37-34-31-23-20-17-14-11-8-5-2)64-62(71)56(67)50-47-44-41-38-35-32-24-21-18-15-12-9-6-3/h9,12,18,21,25-26,46,49,54-57,59-61,63,65-67,69-70H,4-8,10-11,13-17,19-20,22-24,27-45,47-48,50-53H2,1-3H3,(H,64,71)/b12-9+,21-18+,26-25+,49-46+. The zero-order valence-electron chi connectivity index (χ0n) is 47.7. The first-order chi connectivity index (χ1) is 36.2. The Kier molecular flexibility index (Phi) is 48.3. The summed E-state index contributed by atoms with van der Waals surface area (Å²) in [6.07, 6.45) is 51.5. The van der Waals surface area contributed by atoms with Crippen LogP contribution in [-0.4, -0.2) is 99.6 Å². The summed E-state index contributed by atoms with van der Waals surface area (Å²) in [6, 6.07) is -1.03. The van der Waals surface area contributed by atoms with Crippen molar-refractivity contribution in [2.45, 2.75) is 327 Å². The maximum absolute atomic E-state index is 13.4. The van der Waals surface area contributed by atoms with E-state index in [0.717, 1.165) is 89.9 Å². The van der Waals surface area contributed by atoms with Crippen molar-refractivity contribution in [1.29, 1.82) is 0 Å². The smallest absolute Gasteiger partial charge is 0.306 e. The lowest BCUT2D eigenvalue weighted by molar-refractivity contribution is -0.305. The summed E-state index contributed by atoms with van der Waals surface area (Å²) in [7, 11) is 0. The lowest BCUT2D eigenvalue weighted by Gasteiger charge is -2.41. The number of rotatable bonds is 52. The third-order valence-electron chi connectivity index (χ3n) is 14.5. The van der Waals surface area contributed by atoms with Gasteiger partial charge in [0.25, 0.3) is 0 Å². The number of aliphatic hydroxyl groups excluding tert-OH is 5. The SMILES string of the molecule is CC/C=C/C/C=C/CCCCCCCCC(O)C(=O)NC(COC1OC(CO)C(O)C(O)C1OC(=O)CCCCCCCCCCC/C=C/CCCCCCCC)C(O)/C=C/CCCCCCCCCCCCC. The van der Waals surface area contributed by atoms with Crippen LogP contribution in [-0.2, 0) is 23.8 Å². The van der Waals surface area contributed by atoms with E-state index in [1.165, 1.54) is 141 Å². The summed E-state index contributed by atoms with van der Waals surface area (Å²) < 4.78 is 17.6. The molecule has 11 nitrogen and oxygen atoms in total. The molecular weight excluding hydrogens is 931 g/mol. The zero-order chi connectivity index (χ0) is 54.0. The zero-order valence-corrected chi connectivity index (χ0v) is 47.7. The Morgan fingerprint density at radius 3 is 1.46 bits per heavy atom. The van der Waals surface area contributed by atoms with Gasteiger partial charge < -0.3 is 45.1 Å². The van der Waals surface area contributed by atoms with Crippen molar-refractivity contribution in [2.75, 3.05) is 13.2 Å². The average molecular weight is 1050 g/mol. The number of allylic oxidation sites excluding steroid dienone is 7. The third-order valence-corrected chi connectivity index (χ3v) is 14.5. The molecule has 1 rings (SSSR count). The van der Waals surface area contributed by atoms with Crippen LogP contribution in [0.25, 0.3) is 0 Å². The molecule has 6 N–H and O–H groups in total. The topological polar surface area (TPSA) is 175 Å². The fraction of sp³-hybridized carbons (Fsp3) is 0.841. The number of carbonyl (C=O) groups excluding carboxylic acids is 2. The molecule has 0 saturated carbocycles. The maximum atomic E-state index is 13.4. The minimum atomic E-state index is -1.61. The number of esters is 1. The minimum Gasteiger partial charge on any atom is -0.454 e. The van der Waals surface area contributed by atoms with Gasteiger partial charge >= 0.3 is 5.97 Å². The molecule has 0 aromatic rings. The van der Waals surface area contributed by atoms with Crippen molar-refractivity contribution in [3.8, 4) is 0 Å². The summed E-state index contributed by atoms with van der Waals surface area (Å²) in [5.74, 6) is -1.20. The predicted molar refractivity (Wildman–Crippen MR) is 306 cm³/mol. The molecular formula is C63H115NO10. The molecule has 11 heteroatoms. The Hall–Kier alpha value is -2.38. The Labute approximate surface area is 453 Å². The molecule has 8 unspecified atom stereocenters. The molecule has 1 aliphatic rings. The number of carbonyl (C=O) groups is 2. The van der Waals surface area contributed by atoms with Crippen LogP contribution in [0.1, 0.15) is 278 Å². The molecule has 1 amide bonds. The Morgan fingerprint density at radius 1 is 0.541 bits per heavy atom. The second-order valence-corrected chi connectivity index (χ2v) is 21.4. The maximum Gasteiger partial charge on any atom is 0.306 e. The van der Waals surface area contributed by atoms with Crippen LogP contribution >= 0.6 is 0 Å². The minimum absolute atomic E-state index is 0.121. The van der Waals surface area contributed by atoms with E-state index in [2.05, 4.69) is 62.5 Å². The molecule has 0 spiro atoms. The number of unbranched alkanes of at least 4 members (excludes halogenated alkanes) is 32. The van der Waals surface area contributed by atoms with Crippen LogP contribution in [0.2, 0.25) is 0 Å². The monoisotopic (exact) mass is 1050 g/mol. The molecule has 0 radical (unpaired) electrons. The van der Waals surface area contributed by atoms with Crippen LogP contribution in [0.5, 0.6) is 0 Å². The van der Waals surface area contributed by atoms with E-state index in [-0.39, 0.29) is 19.4 Å². The third kappa shape index (κ3) is 39.1. The first-order valence-electron chi connectivity index (χ1n) is 30.9. The number of ether oxygens (including phenoxy) is 3. The summed E-state index contributed by atoms with van der Waals surface area (Å²) in [4.78, 5) is 26.5. The van der Waals surface area contributed by atoms with Gasteiger partial charge in [0.15, 0.2) is 12.4 Å². The lowest BCUT2D eigenvalue weighted by Crippen LogP contribution is -2.61. The van der Waals surface area contributed by atoms with Gasteiger partial charge in [0.05, 0.1) is 25.4 Å². The van der Waals surface area contributed by atoms with Gasteiger partial charge in [0.2, 0.25) is 5.91 Å². The highest BCUT2D eigenvalue weighted by atomic mass is 16.7. The van der Waals surface area contributed by atoms with Crippen molar-refractivity contribution in [1.82, 2.24) is 5.32 Å². The van der Waals surface area contributed by atoms with Crippen molar-refractivity contribution in [3.05, 3.63) is 48.6 Å². The van der Waals surface area contributed by atoms with E-state index in [4.69, 9.17) is 14.2 Å². The van der Waals surface area contributed by atoms with Gasteiger partial charge in [-0.1, -0.05) is 243 Å². The first-order valence-corrected chi connectivity index (χ1v) is 30.9. The summed E-state index contributed by atoms with van der Waals surface area (Å²) in [5.41, 5.74) is 0. The van der Waals surface area contributed by atoms with E-state index in [1.807, 2.05) is 6.08 Å². The van der Waals surface area contributed by atoms with Crippen LogP contribution in [0.4, 0.5) is 0 Å². The summed E-state index contributed by atoms with van der Waals surface area (Å²) in [6.45, 7) is 5.68. The molecule has 1 aliphatic heterocycles. The van der Waals surface area contributed by atoms with E-state index in [1.54, 1.807) is 6.08 Å². The predicted octanol–water partition coefficient (Wildman–Crippen LogP) is 14.4. The van der Waals surface area contributed by atoms with E-state index >= 15 is 0 Å². The van der Waals surface area contributed by atoms with Gasteiger partial charge in [-0.05, 0) is 77.0 Å². The second kappa shape index (κ2) is 51.4. The Morgan fingerprint density at radius 2 is 0.973 bits per heavy atom. The van der Waals surface area contributed by atoms with E-state index in [0.29, 0.717) is 12.8 Å². The highest BCUT2D eigenvalue weighted by Gasteiger charge is 2.47. The van der Waals surface area contributed by atoms with Crippen molar-refractivity contribution < 1.29 is 49.3 Å².